The molecular formula is C22H30N3O2S+. The molecule has 150 valence electrons. The van der Waals surface area contributed by atoms with Gasteiger partial charge in [-0.1, -0.05) is 29.8 Å². The molecule has 1 heterocycles. The second-order valence-electron chi connectivity index (χ2n) is 7.32. The van der Waals surface area contributed by atoms with Gasteiger partial charge in [0.25, 0.3) is 5.91 Å². The zero-order valence-electron chi connectivity index (χ0n) is 16.5. The van der Waals surface area contributed by atoms with Crippen LogP contribution in [0, 0.1) is 6.92 Å². The molecule has 1 aliphatic heterocycles. The van der Waals surface area contributed by atoms with Crippen LogP contribution in [0.1, 0.15) is 11.1 Å². The van der Waals surface area contributed by atoms with Crippen molar-refractivity contribution >= 4 is 23.4 Å². The average Bonchev–Trinajstić information content (AvgIpc) is 2.70. The number of quaternary nitrogens is 1. The molecule has 0 spiro atoms. The van der Waals surface area contributed by atoms with Crippen LogP contribution in [0.25, 0.3) is 0 Å². The number of thioether (sulfide) groups is 1. The van der Waals surface area contributed by atoms with Gasteiger partial charge >= 0.3 is 0 Å². The molecule has 0 aromatic heterocycles. The molecule has 1 amide bonds. The first-order valence-electron chi connectivity index (χ1n) is 9.88. The molecule has 1 saturated heterocycles. The Balaban J connectivity index is 1.28. The number of hydrogen-bond donors (Lipinski definition) is 3. The SMILES string of the molecule is Cc1ccc(CSCCNC(=O)C[NH+]2CCN(c3ccc(O)cc3)CC2)cc1. The zero-order valence-corrected chi connectivity index (χ0v) is 17.3. The van der Waals surface area contributed by atoms with Crippen molar-refractivity contribution in [1.82, 2.24) is 5.32 Å². The molecular weight excluding hydrogens is 370 g/mol. The lowest BCUT2D eigenvalue weighted by Gasteiger charge is -2.33. The Bertz CT molecular complexity index is 741. The van der Waals surface area contributed by atoms with Gasteiger partial charge in [-0.2, -0.15) is 11.8 Å². The van der Waals surface area contributed by atoms with E-state index in [9.17, 15) is 9.90 Å². The van der Waals surface area contributed by atoms with Crippen molar-refractivity contribution in [3.05, 3.63) is 59.7 Å². The predicted molar refractivity (Wildman–Crippen MR) is 116 cm³/mol. The quantitative estimate of drug-likeness (QED) is 0.587. The molecule has 3 N–H and O–H groups in total. The number of aromatic hydroxyl groups is 1. The van der Waals surface area contributed by atoms with Crippen LogP contribution in [0.4, 0.5) is 5.69 Å². The fraction of sp³-hybridized carbons (Fsp3) is 0.409. The number of nitrogens with one attached hydrogen (secondary N) is 2. The fourth-order valence-corrected chi connectivity index (χ4v) is 4.17. The smallest absolute Gasteiger partial charge is 0.275 e. The summed E-state index contributed by atoms with van der Waals surface area (Å²) in [5.41, 5.74) is 3.75. The number of nitrogens with zero attached hydrogens (tertiary/aromatic N) is 1. The summed E-state index contributed by atoms with van der Waals surface area (Å²) < 4.78 is 0. The van der Waals surface area contributed by atoms with Crippen molar-refractivity contribution in [2.24, 2.45) is 0 Å². The van der Waals surface area contributed by atoms with Crippen LogP contribution in [-0.4, -0.2) is 56.0 Å². The van der Waals surface area contributed by atoms with Gasteiger partial charge in [-0.3, -0.25) is 4.79 Å². The summed E-state index contributed by atoms with van der Waals surface area (Å²) in [4.78, 5) is 15.8. The Morgan fingerprint density at radius 1 is 1.11 bits per heavy atom. The molecule has 2 aromatic rings. The van der Waals surface area contributed by atoms with E-state index in [2.05, 4.69) is 41.4 Å². The lowest BCUT2D eigenvalue weighted by atomic mass is 10.2. The van der Waals surface area contributed by atoms with Gasteiger partial charge in [-0.25, -0.2) is 0 Å². The third-order valence-electron chi connectivity index (χ3n) is 5.05. The van der Waals surface area contributed by atoms with Gasteiger partial charge in [0, 0.05) is 23.7 Å². The van der Waals surface area contributed by atoms with E-state index in [0.29, 0.717) is 12.3 Å². The van der Waals surface area contributed by atoms with Crippen molar-refractivity contribution in [1.29, 1.82) is 0 Å². The van der Waals surface area contributed by atoms with Crippen molar-refractivity contribution in [2.45, 2.75) is 12.7 Å². The molecule has 0 saturated carbocycles. The molecule has 0 radical (unpaired) electrons. The molecule has 1 aliphatic rings. The van der Waals surface area contributed by atoms with E-state index in [-0.39, 0.29) is 5.91 Å². The second-order valence-corrected chi connectivity index (χ2v) is 8.42. The molecule has 6 heteroatoms. The fourth-order valence-electron chi connectivity index (χ4n) is 3.35. The lowest BCUT2D eigenvalue weighted by Crippen LogP contribution is -3.16. The molecule has 0 unspecified atom stereocenters. The largest absolute Gasteiger partial charge is 0.508 e. The summed E-state index contributed by atoms with van der Waals surface area (Å²) in [5.74, 6) is 2.36. The highest BCUT2D eigenvalue weighted by Gasteiger charge is 2.22. The molecule has 3 rings (SSSR count). The normalized spacial score (nSPS) is 14.8. The van der Waals surface area contributed by atoms with Crippen LogP contribution < -0.4 is 15.1 Å². The first-order chi connectivity index (χ1) is 13.6. The Hall–Kier alpha value is -2.18. The topological polar surface area (TPSA) is 57.0 Å². The number of phenols is 1. The van der Waals surface area contributed by atoms with Gasteiger partial charge in [0.05, 0.1) is 26.2 Å². The second kappa shape index (κ2) is 10.4. The standard InChI is InChI=1S/C22H29N3O2S/c1-18-2-4-19(5-3-18)17-28-15-10-23-22(27)16-24-11-13-25(14-12-24)20-6-8-21(26)9-7-20/h2-9,26H,10-17H2,1H3,(H,23,27)/p+1. The number of phenolic OH excluding ortho intramolecular Hbond substituents is 1. The number of carbonyl (C=O) groups is 1. The summed E-state index contributed by atoms with van der Waals surface area (Å²) in [6.45, 7) is 7.14. The molecule has 2 aromatic carbocycles. The Labute approximate surface area is 171 Å². The number of benzene rings is 2. The van der Waals surface area contributed by atoms with Crippen LogP contribution >= 0.6 is 11.8 Å². The minimum atomic E-state index is 0.143. The number of rotatable bonds is 8. The van der Waals surface area contributed by atoms with E-state index >= 15 is 0 Å². The first-order valence-corrected chi connectivity index (χ1v) is 11.0. The Morgan fingerprint density at radius 3 is 2.46 bits per heavy atom. The molecule has 5 nitrogen and oxygen atoms in total. The lowest BCUT2D eigenvalue weighted by molar-refractivity contribution is -0.892. The Morgan fingerprint density at radius 2 is 1.79 bits per heavy atom. The van der Waals surface area contributed by atoms with Gasteiger partial charge in [0.1, 0.15) is 5.75 Å². The number of aryl methyl sites for hydroxylation is 1. The predicted octanol–water partition coefficient (Wildman–Crippen LogP) is 1.46. The van der Waals surface area contributed by atoms with E-state index in [1.54, 1.807) is 12.1 Å². The maximum absolute atomic E-state index is 12.2. The van der Waals surface area contributed by atoms with Crippen LogP contribution in [-0.2, 0) is 10.5 Å². The van der Waals surface area contributed by atoms with Gasteiger partial charge < -0.3 is 20.2 Å². The minimum absolute atomic E-state index is 0.143. The van der Waals surface area contributed by atoms with E-state index in [1.807, 2.05) is 23.9 Å². The highest BCUT2D eigenvalue weighted by molar-refractivity contribution is 7.98. The van der Waals surface area contributed by atoms with Gasteiger partial charge in [0.2, 0.25) is 0 Å². The molecule has 1 fully saturated rings. The monoisotopic (exact) mass is 400 g/mol. The highest BCUT2D eigenvalue weighted by Crippen LogP contribution is 2.18. The molecule has 0 aliphatic carbocycles. The van der Waals surface area contributed by atoms with Crippen molar-refractivity contribution in [3.8, 4) is 5.75 Å². The van der Waals surface area contributed by atoms with Gasteiger partial charge in [0.15, 0.2) is 6.54 Å². The number of piperazine rings is 1. The first kappa shape index (κ1) is 20.6. The van der Waals surface area contributed by atoms with Crippen LogP contribution in [0.2, 0.25) is 0 Å². The van der Waals surface area contributed by atoms with Gasteiger partial charge in [-0.05, 0) is 36.8 Å². The van der Waals surface area contributed by atoms with E-state index in [1.165, 1.54) is 16.0 Å². The molecule has 0 atom stereocenters. The maximum Gasteiger partial charge on any atom is 0.275 e. The minimum Gasteiger partial charge on any atom is -0.508 e. The van der Waals surface area contributed by atoms with Crippen molar-refractivity contribution in [2.75, 3.05) is 49.9 Å². The summed E-state index contributed by atoms with van der Waals surface area (Å²) in [7, 11) is 0. The number of hydrogen-bond acceptors (Lipinski definition) is 4. The number of anilines is 1. The van der Waals surface area contributed by atoms with Crippen LogP contribution in [0.5, 0.6) is 5.75 Å². The van der Waals surface area contributed by atoms with Gasteiger partial charge in [-0.15, -0.1) is 0 Å². The summed E-state index contributed by atoms with van der Waals surface area (Å²) in [6.07, 6.45) is 0. The summed E-state index contributed by atoms with van der Waals surface area (Å²) in [5, 5.41) is 12.5. The van der Waals surface area contributed by atoms with E-state index in [0.717, 1.165) is 49.9 Å². The number of carbonyl (C=O) groups excluding carboxylic acids is 1. The van der Waals surface area contributed by atoms with Crippen molar-refractivity contribution in [3.63, 3.8) is 0 Å². The number of amides is 1. The van der Waals surface area contributed by atoms with Crippen molar-refractivity contribution < 1.29 is 14.8 Å². The third-order valence-corrected chi connectivity index (χ3v) is 6.08. The van der Waals surface area contributed by atoms with Crippen LogP contribution in [0.3, 0.4) is 0 Å². The maximum atomic E-state index is 12.2. The zero-order chi connectivity index (χ0) is 19.8. The van der Waals surface area contributed by atoms with E-state index < -0.39 is 0 Å². The van der Waals surface area contributed by atoms with Crippen LogP contribution in [0.15, 0.2) is 48.5 Å². The molecule has 28 heavy (non-hydrogen) atoms. The Kier molecular flexibility index (Phi) is 7.62. The molecule has 0 bridgehead atoms. The average molecular weight is 401 g/mol. The summed E-state index contributed by atoms with van der Waals surface area (Å²) >= 11 is 1.85. The van der Waals surface area contributed by atoms with E-state index in [4.69, 9.17) is 0 Å². The third kappa shape index (κ3) is 6.46. The highest BCUT2D eigenvalue weighted by atomic mass is 32.2. The summed E-state index contributed by atoms with van der Waals surface area (Å²) in [6, 6.07) is 16.0.